The molecule has 4 aromatic rings. The van der Waals surface area contributed by atoms with Crippen LogP contribution in [0, 0.1) is 5.92 Å². The van der Waals surface area contributed by atoms with Crippen molar-refractivity contribution in [3.05, 3.63) is 76.4 Å². The molecule has 3 aromatic heterocycles. The summed E-state index contributed by atoms with van der Waals surface area (Å²) in [4.78, 5) is 33.0. The highest BCUT2D eigenvalue weighted by Gasteiger charge is 2.33. The fraction of sp³-hybridized carbons (Fsp3) is 0.310. The molecule has 1 N–H and O–H groups in total. The fourth-order valence-corrected chi connectivity index (χ4v) is 5.89. The summed E-state index contributed by atoms with van der Waals surface area (Å²) in [6, 6.07) is 8.52. The van der Waals surface area contributed by atoms with Gasteiger partial charge in [-0.25, -0.2) is 9.07 Å². The normalized spacial score (nSPS) is 21.2. The van der Waals surface area contributed by atoms with Crippen LogP contribution >= 0.6 is 23.2 Å². The molecule has 13 heteroatoms. The van der Waals surface area contributed by atoms with E-state index in [1.807, 2.05) is 12.1 Å². The summed E-state index contributed by atoms with van der Waals surface area (Å²) in [6.07, 6.45) is 5.85. The van der Waals surface area contributed by atoms with E-state index in [0.29, 0.717) is 47.2 Å². The van der Waals surface area contributed by atoms with Crippen molar-refractivity contribution in [2.75, 3.05) is 11.9 Å². The Balaban J connectivity index is 1.38. The number of aromatic nitrogens is 6. The predicted octanol–water partition coefficient (Wildman–Crippen LogP) is 5.43. The van der Waals surface area contributed by atoms with Gasteiger partial charge in [0.25, 0.3) is 0 Å². The molecule has 216 valence electrons. The topological polar surface area (TPSA) is 111 Å². The summed E-state index contributed by atoms with van der Waals surface area (Å²) in [6.45, 7) is 1.94. The van der Waals surface area contributed by atoms with E-state index in [4.69, 9.17) is 23.2 Å². The monoisotopic (exact) mass is 608 g/mol. The molecule has 2 aliphatic rings. The molecule has 2 aliphatic heterocycles. The highest BCUT2D eigenvalue weighted by Crippen LogP contribution is 2.37. The molecule has 0 radical (unpaired) electrons. The molecule has 3 unspecified atom stereocenters. The molecule has 10 nitrogen and oxygen atoms in total. The van der Waals surface area contributed by atoms with Gasteiger partial charge in [0, 0.05) is 42.0 Å². The molecule has 2 amide bonds. The Bertz CT molecular complexity index is 1720. The quantitative estimate of drug-likeness (QED) is 0.332. The second kappa shape index (κ2) is 11.3. The number of halogens is 3. The van der Waals surface area contributed by atoms with Crippen molar-refractivity contribution in [1.82, 2.24) is 34.7 Å². The van der Waals surface area contributed by atoms with E-state index < -0.39 is 24.0 Å². The summed E-state index contributed by atoms with van der Waals surface area (Å²) < 4.78 is 18.6. The zero-order valence-electron chi connectivity index (χ0n) is 22.8. The Kier molecular flexibility index (Phi) is 7.54. The first-order chi connectivity index (χ1) is 20.2. The van der Waals surface area contributed by atoms with E-state index in [9.17, 15) is 9.59 Å². The number of nitrogens with one attached hydrogen (secondary N) is 1. The van der Waals surface area contributed by atoms with Crippen LogP contribution < -0.4 is 5.32 Å². The van der Waals surface area contributed by atoms with Crippen LogP contribution in [0.4, 0.5) is 10.1 Å². The summed E-state index contributed by atoms with van der Waals surface area (Å²) in [5.74, 6) is -1.54. The summed E-state index contributed by atoms with van der Waals surface area (Å²) in [7, 11) is 1.77. The Labute approximate surface area is 251 Å². The van der Waals surface area contributed by atoms with E-state index in [0.717, 1.165) is 16.7 Å². The van der Waals surface area contributed by atoms with Gasteiger partial charge in [0.15, 0.2) is 5.15 Å². The number of fused-ring (bicyclic) bond motifs is 4. The average Bonchev–Trinajstić information content (AvgIpc) is 3.57. The van der Waals surface area contributed by atoms with E-state index in [1.54, 1.807) is 71.1 Å². The van der Waals surface area contributed by atoms with E-state index in [2.05, 4.69) is 25.7 Å². The summed E-state index contributed by atoms with van der Waals surface area (Å²) in [5.41, 5.74) is 4.78. The highest BCUT2D eigenvalue weighted by atomic mass is 35.5. The van der Waals surface area contributed by atoms with Gasteiger partial charge in [0.05, 0.1) is 47.1 Å². The number of rotatable bonds is 3. The average molecular weight is 609 g/mol. The van der Waals surface area contributed by atoms with Crippen molar-refractivity contribution >= 4 is 46.3 Å². The molecule has 3 atom stereocenters. The lowest BCUT2D eigenvalue weighted by molar-refractivity contribution is -0.129. The molecular weight excluding hydrogens is 582 g/mol. The number of amides is 2. The molecule has 0 fully saturated rings. The molecule has 2 bridgehead atoms. The van der Waals surface area contributed by atoms with Crippen molar-refractivity contribution in [3.8, 4) is 16.9 Å². The standard InChI is InChI=1S/C29H27Cl2FN8O2/c1-16-21(32)4-6-25(22-11-18(7-9-33-22)28-23(35-29(16)42)14-34-38(28)2)39-10-8-17(12-27(39)41)20-13-19(30)3-5-24(20)40-15-26(31)36-37-40/h3,5,7,9,11-16,21,25H,4,6,8,10H2,1-2H3,(H,35,42). The molecule has 5 heterocycles. The lowest BCUT2D eigenvalue weighted by Gasteiger charge is -2.35. The fourth-order valence-electron chi connectivity index (χ4n) is 5.59. The number of hydrogen-bond acceptors (Lipinski definition) is 6. The van der Waals surface area contributed by atoms with Crippen LogP contribution in [0.5, 0.6) is 0 Å². The third-order valence-corrected chi connectivity index (χ3v) is 8.27. The van der Waals surface area contributed by atoms with Gasteiger partial charge in [-0.05, 0) is 55.2 Å². The Morgan fingerprint density at radius 2 is 1.95 bits per heavy atom. The predicted molar refractivity (Wildman–Crippen MR) is 157 cm³/mol. The smallest absolute Gasteiger partial charge is 0.247 e. The molecule has 0 spiro atoms. The number of carbonyl (C=O) groups is 2. The molecule has 42 heavy (non-hydrogen) atoms. The first-order valence-corrected chi connectivity index (χ1v) is 14.3. The summed E-state index contributed by atoms with van der Waals surface area (Å²) >= 11 is 12.3. The summed E-state index contributed by atoms with van der Waals surface area (Å²) in [5, 5.41) is 15.8. The van der Waals surface area contributed by atoms with Crippen molar-refractivity contribution in [1.29, 1.82) is 0 Å². The zero-order valence-corrected chi connectivity index (χ0v) is 24.3. The number of aryl methyl sites for hydroxylation is 1. The first-order valence-electron chi connectivity index (χ1n) is 13.5. The maximum Gasteiger partial charge on any atom is 0.247 e. The molecule has 0 saturated heterocycles. The maximum atomic E-state index is 15.4. The Morgan fingerprint density at radius 3 is 2.71 bits per heavy atom. The minimum absolute atomic E-state index is 0.0803. The van der Waals surface area contributed by atoms with E-state index in [1.165, 1.54) is 0 Å². The third-order valence-electron chi connectivity index (χ3n) is 7.86. The van der Waals surface area contributed by atoms with Gasteiger partial charge < -0.3 is 10.2 Å². The zero-order chi connectivity index (χ0) is 29.5. The third kappa shape index (κ3) is 5.30. The van der Waals surface area contributed by atoms with Crippen molar-refractivity contribution in [2.45, 2.75) is 38.4 Å². The van der Waals surface area contributed by atoms with Crippen LogP contribution in [0.1, 0.15) is 43.5 Å². The van der Waals surface area contributed by atoms with Gasteiger partial charge in [0.2, 0.25) is 11.8 Å². The Hall–Kier alpha value is -4.09. The van der Waals surface area contributed by atoms with E-state index >= 15 is 4.39 Å². The minimum Gasteiger partial charge on any atom is -0.330 e. The van der Waals surface area contributed by atoms with Crippen LogP contribution in [-0.4, -0.2) is 59.2 Å². The van der Waals surface area contributed by atoms with E-state index in [-0.39, 0.29) is 17.5 Å². The second-order valence-electron chi connectivity index (χ2n) is 10.5. The number of nitrogens with zero attached hydrogens (tertiary/aromatic N) is 7. The molecule has 6 rings (SSSR count). The maximum absolute atomic E-state index is 15.4. The van der Waals surface area contributed by atoms with Crippen molar-refractivity contribution in [2.24, 2.45) is 13.0 Å². The number of anilines is 1. The number of carbonyl (C=O) groups excluding carboxylic acids is 2. The number of hydrogen-bond donors (Lipinski definition) is 1. The van der Waals surface area contributed by atoms with Crippen LogP contribution in [-0.2, 0) is 16.6 Å². The van der Waals surface area contributed by atoms with Crippen molar-refractivity contribution < 1.29 is 14.0 Å². The van der Waals surface area contributed by atoms with Gasteiger partial charge >= 0.3 is 0 Å². The highest BCUT2D eigenvalue weighted by molar-refractivity contribution is 6.31. The van der Waals surface area contributed by atoms with Crippen LogP contribution in [0.15, 0.2) is 55.0 Å². The molecular formula is C29H27Cl2FN8O2. The molecule has 1 aromatic carbocycles. The lowest BCUT2D eigenvalue weighted by atomic mass is 9.92. The largest absolute Gasteiger partial charge is 0.330 e. The van der Waals surface area contributed by atoms with Gasteiger partial charge in [-0.3, -0.25) is 19.3 Å². The lowest BCUT2D eigenvalue weighted by Crippen LogP contribution is -2.38. The minimum atomic E-state index is -1.41. The van der Waals surface area contributed by atoms with Gasteiger partial charge in [-0.2, -0.15) is 5.10 Å². The number of benzene rings is 1. The second-order valence-corrected chi connectivity index (χ2v) is 11.3. The first kappa shape index (κ1) is 28.0. The SMILES string of the molecule is CC1C(=O)Nc2cnn(C)c2-c2ccnc(c2)C(N2CCC(c3cc(Cl)ccc3-n3cc(Cl)nn3)=CC2=O)CCC1F. The molecule has 0 aliphatic carbocycles. The Morgan fingerprint density at radius 1 is 1.12 bits per heavy atom. The van der Waals surface area contributed by atoms with Crippen LogP contribution in [0.25, 0.3) is 22.5 Å². The molecule has 0 saturated carbocycles. The number of alkyl halides is 1. The van der Waals surface area contributed by atoms with Crippen LogP contribution in [0.2, 0.25) is 10.2 Å². The van der Waals surface area contributed by atoms with Crippen molar-refractivity contribution in [3.63, 3.8) is 0 Å². The van der Waals surface area contributed by atoms with Gasteiger partial charge in [0.1, 0.15) is 6.17 Å². The number of pyridine rings is 1. The van der Waals surface area contributed by atoms with Gasteiger partial charge in [-0.1, -0.05) is 35.3 Å². The van der Waals surface area contributed by atoms with Gasteiger partial charge in [-0.15, -0.1) is 5.10 Å². The van der Waals surface area contributed by atoms with Crippen LogP contribution in [0.3, 0.4) is 0 Å².